The Balaban J connectivity index is 1.92. The van der Waals surface area contributed by atoms with Crippen LogP contribution in [0.3, 0.4) is 0 Å². The van der Waals surface area contributed by atoms with Gasteiger partial charge in [0.1, 0.15) is 5.75 Å². The standard InChI is InChI=1S/C16H24N2O2/c1-2-13-5-3-4-10-18(13)16(20)9-7-12-6-8-15(19)14(17)11-12/h6,8,11,13,19H,2-5,7,9-10,17H2,1H3. The van der Waals surface area contributed by atoms with Crippen molar-refractivity contribution in [1.29, 1.82) is 0 Å². The third-order valence-electron chi connectivity index (χ3n) is 4.14. The molecule has 1 atom stereocenters. The number of carbonyl (C=O) groups is 1. The van der Waals surface area contributed by atoms with E-state index in [4.69, 9.17) is 5.73 Å². The molecule has 110 valence electrons. The summed E-state index contributed by atoms with van der Waals surface area (Å²) in [5.41, 5.74) is 7.04. The number of piperidine rings is 1. The molecule has 0 aliphatic carbocycles. The maximum atomic E-state index is 12.3. The Labute approximate surface area is 120 Å². The summed E-state index contributed by atoms with van der Waals surface area (Å²) >= 11 is 0. The number of likely N-dealkylation sites (tertiary alicyclic amines) is 1. The molecule has 1 fully saturated rings. The van der Waals surface area contributed by atoms with Gasteiger partial charge in [-0.15, -0.1) is 0 Å². The van der Waals surface area contributed by atoms with E-state index in [1.807, 2.05) is 11.0 Å². The second kappa shape index (κ2) is 6.64. The summed E-state index contributed by atoms with van der Waals surface area (Å²) in [5.74, 6) is 0.338. The number of hydrogen-bond acceptors (Lipinski definition) is 3. The van der Waals surface area contributed by atoms with Gasteiger partial charge in [0.15, 0.2) is 0 Å². The lowest BCUT2D eigenvalue weighted by Gasteiger charge is -2.35. The zero-order valence-electron chi connectivity index (χ0n) is 12.1. The molecular formula is C16H24N2O2. The number of benzene rings is 1. The minimum atomic E-state index is 0.0992. The average Bonchev–Trinajstić information content (AvgIpc) is 2.48. The normalized spacial score (nSPS) is 19.1. The summed E-state index contributed by atoms with van der Waals surface area (Å²) in [4.78, 5) is 14.4. The summed E-state index contributed by atoms with van der Waals surface area (Å²) < 4.78 is 0. The Morgan fingerprint density at radius 3 is 2.95 bits per heavy atom. The predicted molar refractivity (Wildman–Crippen MR) is 80.5 cm³/mol. The Morgan fingerprint density at radius 2 is 2.25 bits per heavy atom. The summed E-state index contributed by atoms with van der Waals surface area (Å²) in [5, 5.41) is 9.39. The topological polar surface area (TPSA) is 66.6 Å². The molecule has 0 aromatic heterocycles. The molecule has 2 rings (SSSR count). The number of nitrogen functional groups attached to an aromatic ring is 1. The Morgan fingerprint density at radius 1 is 1.45 bits per heavy atom. The van der Waals surface area contributed by atoms with Gasteiger partial charge in [0.2, 0.25) is 5.91 Å². The SMILES string of the molecule is CCC1CCCCN1C(=O)CCc1ccc(O)c(N)c1. The van der Waals surface area contributed by atoms with E-state index in [2.05, 4.69) is 6.92 Å². The fourth-order valence-corrected chi connectivity index (χ4v) is 2.91. The fraction of sp³-hybridized carbons (Fsp3) is 0.562. The first-order valence-corrected chi connectivity index (χ1v) is 7.48. The summed E-state index contributed by atoms with van der Waals surface area (Å²) in [6.07, 6.45) is 5.72. The number of amides is 1. The molecule has 0 bridgehead atoms. The van der Waals surface area contributed by atoms with Gasteiger partial charge in [-0.1, -0.05) is 13.0 Å². The zero-order chi connectivity index (χ0) is 14.5. The maximum absolute atomic E-state index is 12.3. The second-order valence-electron chi connectivity index (χ2n) is 5.54. The molecule has 4 nitrogen and oxygen atoms in total. The number of anilines is 1. The van der Waals surface area contributed by atoms with Crippen LogP contribution in [0, 0.1) is 0 Å². The van der Waals surface area contributed by atoms with Gasteiger partial charge in [0.05, 0.1) is 5.69 Å². The Kier molecular flexibility index (Phi) is 4.88. The van der Waals surface area contributed by atoms with Gasteiger partial charge in [-0.2, -0.15) is 0 Å². The molecule has 1 heterocycles. The van der Waals surface area contributed by atoms with Crippen LogP contribution in [0.25, 0.3) is 0 Å². The van der Waals surface area contributed by atoms with E-state index >= 15 is 0 Å². The number of aromatic hydroxyl groups is 1. The van der Waals surface area contributed by atoms with Crippen LogP contribution in [-0.2, 0) is 11.2 Å². The summed E-state index contributed by atoms with van der Waals surface area (Å²) in [6.45, 7) is 3.05. The highest BCUT2D eigenvalue weighted by molar-refractivity contribution is 5.77. The zero-order valence-corrected chi connectivity index (χ0v) is 12.1. The molecule has 1 unspecified atom stereocenters. The molecule has 1 aromatic rings. The minimum absolute atomic E-state index is 0.0992. The van der Waals surface area contributed by atoms with Crippen molar-refractivity contribution in [2.45, 2.75) is 51.5 Å². The van der Waals surface area contributed by atoms with E-state index in [9.17, 15) is 9.90 Å². The lowest BCUT2D eigenvalue weighted by atomic mass is 9.99. The first-order valence-electron chi connectivity index (χ1n) is 7.48. The molecule has 1 aliphatic heterocycles. The quantitative estimate of drug-likeness (QED) is 0.656. The molecule has 3 N–H and O–H groups in total. The Bertz CT molecular complexity index is 474. The molecular weight excluding hydrogens is 252 g/mol. The number of nitrogens with zero attached hydrogens (tertiary/aromatic N) is 1. The number of hydrogen-bond donors (Lipinski definition) is 2. The van der Waals surface area contributed by atoms with Crippen LogP contribution in [0.1, 0.15) is 44.6 Å². The lowest BCUT2D eigenvalue weighted by Crippen LogP contribution is -2.43. The lowest BCUT2D eigenvalue weighted by molar-refractivity contribution is -0.134. The number of phenolic OH excluding ortho intramolecular Hbond substituents is 1. The number of carbonyl (C=O) groups excluding carboxylic acids is 1. The van der Waals surface area contributed by atoms with E-state index in [0.717, 1.165) is 31.4 Å². The fourth-order valence-electron chi connectivity index (χ4n) is 2.91. The summed E-state index contributed by atoms with van der Waals surface area (Å²) in [6, 6.07) is 5.58. The highest BCUT2D eigenvalue weighted by atomic mass is 16.3. The van der Waals surface area contributed by atoms with Crippen molar-refractivity contribution >= 4 is 11.6 Å². The molecule has 1 aromatic carbocycles. The third kappa shape index (κ3) is 3.44. The first-order chi connectivity index (χ1) is 9.61. The summed E-state index contributed by atoms with van der Waals surface area (Å²) in [7, 11) is 0. The van der Waals surface area contributed by atoms with Crippen LogP contribution >= 0.6 is 0 Å². The van der Waals surface area contributed by atoms with Gasteiger partial charge in [-0.3, -0.25) is 4.79 Å². The van der Waals surface area contributed by atoms with Gasteiger partial charge in [0.25, 0.3) is 0 Å². The monoisotopic (exact) mass is 276 g/mol. The van der Waals surface area contributed by atoms with Gasteiger partial charge >= 0.3 is 0 Å². The number of nitrogens with two attached hydrogens (primary N) is 1. The van der Waals surface area contributed by atoms with Gasteiger partial charge in [0, 0.05) is 19.0 Å². The van der Waals surface area contributed by atoms with E-state index in [1.165, 1.54) is 6.42 Å². The van der Waals surface area contributed by atoms with Gasteiger partial charge < -0.3 is 15.7 Å². The highest BCUT2D eigenvalue weighted by Gasteiger charge is 2.24. The number of aryl methyl sites for hydroxylation is 1. The molecule has 1 amide bonds. The van der Waals surface area contributed by atoms with Crippen LogP contribution in [0.5, 0.6) is 5.75 Å². The predicted octanol–water partition coefficient (Wildman–Crippen LogP) is 2.70. The average molecular weight is 276 g/mol. The number of phenols is 1. The maximum Gasteiger partial charge on any atom is 0.223 e. The van der Waals surface area contributed by atoms with Crippen molar-refractivity contribution in [3.8, 4) is 5.75 Å². The minimum Gasteiger partial charge on any atom is -0.506 e. The van der Waals surface area contributed by atoms with E-state index in [0.29, 0.717) is 24.6 Å². The van der Waals surface area contributed by atoms with Crippen molar-refractivity contribution in [3.05, 3.63) is 23.8 Å². The van der Waals surface area contributed by atoms with Gasteiger partial charge in [-0.25, -0.2) is 0 Å². The molecule has 0 radical (unpaired) electrons. The van der Waals surface area contributed by atoms with Crippen molar-refractivity contribution in [2.24, 2.45) is 0 Å². The Hall–Kier alpha value is -1.71. The van der Waals surface area contributed by atoms with Crippen LogP contribution in [0.15, 0.2) is 18.2 Å². The van der Waals surface area contributed by atoms with Crippen molar-refractivity contribution < 1.29 is 9.90 Å². The van der Waals surface area contributed by atoms with Crippen LogP contribution in [0.4, 0.5) is 5.69 Å². The van der Waals surface area contributed by atoms with Crippen molar-refractivity contribution in [3.63, 3.8) is 0 Å². The molecule has 1 saturated heterocycles. The van der Waals surface area contributed by atoms with Crippen LogP contribution < -0.4 is 5.73 Å². The highest BCUT2D eigenvalue weighted by Crippen LogP contribution is 2.23. The second-order valence-corrected chi connectivity index (χ2v) is 5.54. The molecule has 0 saturated carbocycles. The molecule has 1 aliphatic rings. The van der Waals surface area contributed by atoms with Crippen LogP contribution in [-0.4, -0.2) is 28.5 Å². The largest absolute Gasteiger partial charge is 0.506 e. The van der Waals surface area contributed by atoms with E-state index < -0.39 is 0 Å². The van der Waals surface area contributed by atoms with Crippen molar-refractivity contribution in [1.82, 2.24) is 4.90 Å². The number of rotatable bonds is 4. The molecule has 4 heteroatoms. The van der Waals surface area contributed by atoms with E-state index in [-0.39, 0.29) is 11.7 Å². The van der Waals surface area contributed by atoms with E-state index in [1.54, 1.807) is 12.1 Å². The molecule has 0 spiro atoms. The van der Waals surface area contributed by atoms with Crippen molar-refractivity contribution in [2.75, 3.05) is 12.3 Å². The van der Waals surface area contributed by atoms with Crippen LogP contribution in [0.2, 0.25) is 0 Å². The first kappa shape index (κ1) is 14.7. The molecule has 20 heavy (non-hydrogen) atoms. The third-order valence-corrected chi connectivity index (χ3v) is 4.14. The smallest absolute Gasteiger partial charge is 0.223 e. The van der Waals surface area contributed by atoms with Gasteiger partial charge in [-0.05, 0) is 49.8 Å².